The lowest BCUT2D eigenvalue weighted by Crippen LogP contribution is -2.45. The number of alkyl halides is 3. The second-order valence-corrected chi connectivity index (χ2v) is 10.4. The average molecular weight is 532 g/mol. The molecule has 3 aromatic rings. The monoisotopic (exact) mass is 531 g/mol. The number of hydrogen-bond acceptors (Lipinski definition) is 6. The van der Waals surface area contributed by atoms with Gasteiger partial charge >= 0.3 is 6.18 Å². The van der Waals surface area contributed by atoms with Gasteiger partial charge in [0.25, 0.3) is 5.56 Å². The second-order valence-electron chi connectivity index (χ2n) is 8.40. The highest BCUT2D eigenvalue weighted by atomic mass is 35.5. The standard InChI is InChI=1S/C22H24F3N5O3S.ClH/c1-14-5-3-4-6-17(14)18-11-15-12-26-21(28-19(15)29(2)20(18)31)27-16-7-9-30(10-8-16)34(32,33)13-22(23,24)25;/h3-6,11-12,16H,7-10,13H2,1-2H3,(H,26,27,28);1H. The molecule has 2 aromatic heterocycles. The Labute approximate surface area is 206 Å². The Morgan fingerprint density at radius 1 is 1.14 bits per heavy atom. The van der Waals surface area contributed by atoms with E-state index < -0.39 is 22.0 Å². The van der Waals surface area contributed by atoms with Gasteiger partial charge in [0.1, 0.15) is 5.65 Å². The van der Waals surface area contributed by atoms with Gasteiger partial charge in [-0.15, -0.1) is 12.4 Å². The van der Waals surface area contributed by atoms with E-state index >= 15 is 0 Å². The van der Waals surface area contributed by atoms with Gasteiger partial charge in [-0.3, -0.25) is 9.36 Å². The molecule has 8 nitrogen and oxygen atoms in total. The van der Waals surface area contributed by atoms with E-state index in [4.69, 9.17) is 0 Å². The van der Waals surface area contributed by atoms with Gasteiger partial charge in [-0.2, -0.15) is 18.2 Å². The molecule has 1 fully saturated rings. The van der Waals surface area contributed by atoms with E-state index in [9.17, 15) is 26.4 Å². The minimum atomic E-state index is -4.78. The van der Waals surface area contributed by atoms with Crippen molar-refractivity contribution in [2.75, 3.05) is 24.2 Å². The summed E-state index contributed by atoms with van der Waals surface area (Å²) >= 11 is 0. The Bertz CT molecular complexity index is 1390. The van der Waals surface area contributed by atoms with Crippen molar-refractivity contribution in [3.8, 4) is 11.1 Å². The summed E-state index contributed by atoms with van der Waals surface area (Å²) in [5.41, 5.74) is 2.59. The van der Waals surface area contributed by atoms with Crippen LogP contribution in [-0.4, -0.2) is 58.3 Å². The maximum Gasteiger partial charge on any atom is 0.404 e. The number of rotatable bonds is 5. The molecule has 0 unspecified atom stereocenters. The molecular formula is C22H25ClF3N5O3S. The fraction of sp³-hybridized carbons (Fsp3) is 0.409. The van der Waals surface area contributed by atoms with Crippen LogP contribution in [0.15, 0.2) is 41.3 Å². The molecule has 4 rings (SSSR count). The van der Waals surface area contributed by atoms with Crippen LogP contribution in [0.25, 0.3) is 22.2 Å². The van der Waals surface area contributed by atoms with E-state index in [1.165, 1.54) is 4.57 Å². The topological polar surface area (TPSA) is 97.2 Å². The molecule has 1 aromatic carbocycles. The molecule has 35 heavy (non-hydrogen) atoms. The van der Waals surface area contributed by atoms with Crippen LogP contribution in [0.4, 0.5) is 19.1 Å². The van der Waals surface area contributed by atoms with Crippen LogP contribution in [-0.2, 0) is 17.1 Å². The summed E-state index contributed by atoms with van der Waals surface area (Å²) in [6.07, 6.45) is -2.55. The third-order valence-corrected chi connectivity index (χ3v) is 7.75. The highest BCUT2D eigenvalue weighted by Crippen LogP contribution is 2.25. The third-order valence-electron chi connectivity index (χ3n) is 5.91. The van der Waals surface area contributed by atoms with Crippen molar-refractivity contribution >= 4 is 39.4 Å². The van der Waals surface area contributed by atoms with Gasteiger partial charge in [-0.05, 0) is 37.0 Å². The number of aryl methyl sites for hydroxylation is 2. The summed E-state index contributed by atoms with van der Waals surface area (Å²) in [7, 11) is -2.76. The third kappa shape index (κ3) is 5.93. The Kier molecular flexibility index (Phi) is 7.77. The lowest BCUT2D eigenvalue weighted by atomic mass is 10.0. The highest BCUT2D eigenvalue weighted by Gasteiger charge is 2.39. The fourth-order valence-corrected chi connectivity index (χ4v) is 5.51. The van der Waals surface area contributed by atoms with Gasteiger partial charge in [0.2, 0.25) is 16.0 Å². The minimum absolute atomic E-state index is 0. The number of piperidine rings is 1. The normalized spacial score (nSPS) is 15.7. The second kappa shape index (κ2) is 10.1. The molecule has 190 valence electrons. The Hall–Kier alpha value is -2.70. The van der Waals surface area contributed by atoms with Gasteiger partial charge in [-0.1, -0.05) is 24.3 Å². The number of halogens is 4. The number of fused-ring (bicyclic) bond motifs is 1. The summed E-state index contributed by atoms with van der Waals surface area (Å²) in [4.78, 5) is 21.8. The number of nitrogens with zero attached hydrogens (tertiary/aromatic N) is 4. The lowest BCUT2D eigenvalue weighted by Gasteiger charge is -2.31. The van der Waals surface area contributed by atoms with Crippen molar-refractivity contribution in [3.63, 3.8) is 0 Å². The zero-order valence-corrected chi connectivity index (χ0v) is 20.7. The van der Waals surface area contributed by atoms with E-state index in [-0.39, 0.29) is 43.0 Å². The number of benzene rings is 1. The average Bonchev–Trinajstić information content (AvgIpc) is 2.76. The molecule has 0 bridgehead atoms. The zero-order valence-electron chi connectivity index (χ0n) is 19.0. The van der Waals surface area contributed by atoms with Crippen molar-refractivity contribution in [1.29, 1.82) is 0 Å². The Morgan fingerprint density at radius 3 is 2.43 bits per heavy atom. The molecule has 0 amide bonds. The molecule has 0 aliphatic carbocycles. The van der Waals surface area contributed by atoms with Crippen molar-refractivity contribution in [2.45, 2.75) is 32.0 Å². The largest absolute Gasteiger partial charge is 0.404 e. The number of anilines is 1. The summed E-state index contributed by atoms with van der Waals surface area (Å²) in [5.74, 6) is -1.59. The van der Waals surface area contributed by atoms with Crippen LogP contribution < -0.4 is 10.9 Å². The molecule has 3 heterocycles. The van der Waals surface area contributed by atoms with Gasteiger partial charge in [0.15, 0.2) is 5.75 Å². The fourth-order valence-electron chi connectivity index (χ4n) is 4.14. The molecule has 0 saturated carbocycles. The Balaban J connectivity index is 0.00000342. The number of nitrogens with one attached hydrogen (secondary N) is 1. The molecular weight excluding hydrogens is 507 g/mol. The van der Waals surface area contributed by atoms with Gasteiger partial charge in [0, 0.05) is 43.3 Å². The van der Waals surface area contributed by atoms with E-state index in [1.54, 1.807) is 19.3 Å². The number of pyridine rings is 1. The molecule has 1 aliphatic rings. The van der Waals surface area contributed by atoms with Crippen LogP contribution in [0.5, 0.6) is 0 Å². The summed E-state index contributed by atoms with van der Waals surface area (Å²) in [5, 5.41) is 3.79. The van der Waals surface area contributed by atoms with Crippen molar-refractivity contribution in [1.82, 2.24) is 18.8 Å². The van der Waals surface area contributed by atoms with Crippen LogP contribution in [0.3, 0.4) is 0 Å². The van der Waals surface area contributed by atoms with Crippen molar-refractivity contribution < 1.29 is 21.6 Å². The molecule has 1 aliphatic heterocycles. The SMILES string of the molecule is Cc1ccccc1-c1cc2cnc(NC3CCN(S(=O)(=O)CC(F)(F)F)CC3)nc2n(C)c1=O.Cl. The van der Waals surface area contributed by atoms with Crippen LogP contribution in [0.1, 0.15) is 18.4 Å². The first kappa shape index (κ1) is 26.9. The Morgan fingerprint density at radius 2 is 1.80 bits per heavy atom. The first-order chi connectivity index (χ1) is 15.9. The van der Waals surface area contributed by atoms with E-state index in [0.717, 1.165) is 15.4 Å². The minimum Gasteiger partial charge on any atom is -0.351 e. The van der Waals surface area contributed by atoms with Crippen LogP contribution in [0, 0.1) is 6.92 Å². The van der Waals surface area contributed by atoms with Crippen molar-refractivity contribution in [3.05, 3.63) is 52.4 Å². The van der Waals surface area contributed by atoms with Crippen LogP contribution >= 0.6 is 12.4 Å². The molecule has 0 radical (unpaired) electrons. The zero-order chi connectivity index (χ0) is 24.7. The van der Waals surface area contributed by atoms with Gasteiger partial charge < -0.3 is 5.32 Å². The predicted molar refractivity (Wildman–Crippen MR) is 130 cm³/mol. The summed E-state index contributed by atoms with van der Waals surface area (Å²) < 4.78 is 63.9. The number of aromatic nitrogens is 3. The van der Waals surface area contributed by atoms with E-state index in [0.29, 0.717) is 29.4 Å². The smallest absolute Gasteiger partial charge is 0.351 e. The molecule has 13 heteroatoms. The predicted octanol–water partition coefficient (Wildman–Crippen LogP) is 3.49. The molecule has 0 spiro atoms. The molecule has 0 atom stereocenters. The van der Waals surface area contributed by atoms with Gasteiger partial charge in [-0.25, -0.2) is 17.7 Å². The molecule has 1 saturated heterocycles. The number of hydrogen-bond donors (Lipinski definition) is 1. The quantitative estimate of drug-likeness (QED) is 0.541. The summed E-state index contributed by atoms with van der Waals surface area (Å²) in [6.45, 7) is 1.88. The maximum atomic E-state index is 13.0. The van der Waals surface area contributed by atoms with Crippen molar-refractivity contribution in [2.24, 2.45) is 7.05 Å². The first-order valence-electron chi connectivity index (χ1n) is 10.7. The van der Waals surface area contributed by atoms with E-state index in [1.807, 2.05) is 31.2 Å². The van der Waals surface area contributed by atoms with Gasteiger partial charge in [0.05, 0.1) is 0 Å². The lowest BCUT2D eigenvalue weighted by molar-refractivity contribution is -0.107. The highest BCUT2D eigenvalue weighted by molar-refractivity contribution is 7.89. The van der Waals surface area contributed by atoms with E-state index in [2.05, 4.69) is 15.3 Å². The molecule has 1 N–H and O–H groups in total. The summed E-state index contributed by atoms with van der Waals surface area (Å²) in [6, 6.07) is 9.14. The number of sulfonamides is 1. The van der Waals surface area contributed by atoms with Crippen LogP contribution in [0.2, 0.25) is 0 Å². The first-order valence-corrected chi connectivity index (χ1v) is 12.3. The maximum absolute atomic E-state index is 13.0.